The highest BCUT2D eigenvalue weighted by atomic mass is 16.3. The van der Waals surface area contributed by atoms with Gasteiger partial charge in [-0.2, -0.15) is 0 Å². The Hall–Kier alpha value is -1.51. The number of aromatic hydroxyl groups is 1. The van der Waals surface area contributed by atoms with E-state index in [9.17, 15) is 9.90 Å². The van der Waals surface area contributed by atoms with Crippen LogP contribution in [0.25, 0.3) is 0 Å². The maximum absolute atomic E-state index is 12.2. The number of carbonyl (C=O) groups is 1. The average molecular weight is 247 g/mol. The summed E-state index contributed by atoms with van der Waals surface area (Å²) in [4.78, 5) is 12.2. The number of aryl methyl sites for hydroxylation is 1. The molecule has 0 atom stereocenters. The van der Waals surface area contributed by atoms with E-state index in [4.69, 9.17) is 0 Å². The van der Waals surface area contributed by atoms with Crippen molar-refractivity contribution >= 4 is 5.91 Å². The second-order valence-corrected chi connectivity index (χ2v) is 5.55. The van der Waals surface area contributed by atoms with Gasteiger partial charge in [0.1, 0.15) is 5.75 Å². The van der Waals surface area contributed by atoms with Gasteiger partial charge in [-0.3, -0.25) is 4.79 Å². The fourth-order valence-corrected chi connectivity index (χ4v) is 2.64. The summed E-state index contributed by atoms with van der Waals surface area (Å²) in [5, 5.41) is 13.0. The molecule has 0 aromatic heterocycles. The van der Waals surface area contributed by atoms with Crippen LogP contribution in [0.5, 0.6) is 5.75 Å². The first-order valence-electron chi connectivity index (χ1n) is 6.63. The number of phenols is 1. The molecular weight excluding hydrogens is 226 g/mol. The van der Waals surface area contributed by atoms with E-state index < -0.39 is 0 Å². The van der Waals surface area contributed by atoms with Gasteiger partial charge in [0.2, 0.25) is 0 Å². The van der Waals surface area contributed by atoms with Gasteiger partial charge in [-0.15, -0.1) is 0 Å². The Morgan fingerprint density at radius 3 is 2.61 bits per heavy atom. The summed E-state index contributed by atoms with van der Waals surface area (Å²) >= 11 is 0. The lowest BCUT2D eigenvalue weighted by molar-refractivity contribution is 0.0880. The molecule has 3 heteroatoms. The number of carbonyl (C=O) groups excluding carboxylic acids is 1. The van der Waals surface area contributed by atoms with Crippen molar-refractivity contribution in [3.8, 4) is 5.75 Å². The van der Waals surface area contributed by atoms with Crippen molar-refractivity contribution in [3.63, 3.8) is 0 Å². The summed E-state index contributed by atoms with van der Waals surface area (Å²) in [6, 6.07) is 5.27. The molecular formula is C15H21NO2. The molecule has 0 radical (unpaired) electrons. The first kappa shape index (κ1) is 12.9. The molecule has 0 unspecified atom stereocenters. The van der Waals surface area contributed by atoms with E-state index >= 15 is 0 Å². The van der Waals surface area contributed by atoms with Gasteiger partial charge in [0.05, 0.1) is 5.56 Å². The molecule has 3 nitrogen and oxygen atoms in total. The number of phenolic OH excluding ortho intramolecular Hbond substituents is 1. The first-order chi connectivity index (χ1) is 8.52. The number of nitrogens with one attached hydrogen (secondary N) is 1. The number of amides is 1. The second kappa shape index (κ2) is 5.01. The Balaban J connectivity index is 2.14. The quantitative estimate of drug-likeness (QED) is 0.843. The van der Waals surface area contributed by atoms with Crippen molar-refractivity contribution in [2.24, 2.45) is 0 Å². The Kier molecular flexibility index (Phi) is 3.60. The molecule has 1 aliphatic carbocycles. The van der Waals surface area contributed by atoms with E-state index in [2.05, 4.69) is 12.2 Å². The minimum Gasteiger partial charge on any atom is -0.507 e. The minimum atomic E-state index is -0.166. The SMILES string of the molecule is Cc1cccc(C(=O)NC2(C)CCCCC2)c1O. The van der Waals surface area contributed by atoms with Crippen molar-refractivity contribution in [1.29, 1.82) is 0 Å². The molecule has 2 N–H and O–H groups in total. The fourth-order valence-electron chi connectivity index (χ4n) is 2.64. The van der Waals surface area contributed by atoms with Crippen molar-refractivity contribution in [2.45, 2.75) is 51.5 Å². The Labute approximate surface area is 108 Å². The van der Waals surface area contributed by atoms with Gasteiger partial charge in [0.15, 0.2) is 0 Å². The predicted molar refractivity (Wildman–Crippen MR) is 71.8 cm³/mol. The van der Waals surface area contributed by atoms with Crippen molar-refractivity contribution in [2.75, 3.05) is 0 Å². The summed E-state index contributed by atoms with van der Waals surface area (Å²) in [5.74, 6) is -0.0741. The Morgan fingerprint density at radius 1 is 1.28 bits per heavy atom. The molecule has 1 saturated carbocycles. The maximum atomic E-state index is 12.2. The molecule has 1 aromatic rings. The molecule has 0 aliphatic heterocycles. The normalized spacial score (nSPS) is 18.3. The molecule has 1 aliphatic rings. The van der Waals surface area contributed by atoms with Gasteiger partial charge >= 0.3 is 0 Å². The number of para-hydroxylation sites is 1. The van der Waals surface area contributed by atoms with Crippen LogP contribution in [-0.4, -0.2) is 16.6 Å². The summed E-state index contributed by atoms with van der Waals surface area (Å²) in [6.45, 7) is 3.89. The van der Waals surface area contributed by atoms with Crippen LogP contribution in [0.4, 0.5) is 0 Å². The van der Waals surface area contributed by atoms with Crippen molar-refractivity contribution < 1.29 is 9.90 Å². The summed E-state index contributed by atoms with van der Waals surface area (Å²) in [6.07, 6.45) is 5.62. The molecule has 18 heavy (non-hydrogen) atoms. The van der Waals surface area contributed by atoms with E-state index in [0.29, 0.717) is 5.56 Å². The van der Waals surface area contributed by atoms with Gasteiger partial charge in [-0.1, -0.05) is 31.4 Å². The van der Waals surface area contributed by atoms with Crippen LogP contribution in [0.15, 0.2) is 18.2 Å². The molecule has 2 rings (SSSR count). The molecule has 0 heterocycles. The Bertz CT molecular complexity index is 448. The average Bonchev–Trinajstić information content (AvgIpc) is 2.33. The lowest BCUT2D eigenvalue weighted by Gasteiger charge is -2.34. The molecule has 0 saturated heterocycles. The molecule has 1 aromatic carbocycles. The number of hydrogen-bond donors (Lipinski definition) is 2. The van der Waals surface area contributed by atoms with Gasteiger partial charge in [-0.05, 0) is 38.3 Å². The maximum Gasteiger partial charge on any atom is 0.255 e. The smallest absolute Gasteiger partial charge is 0.255 e. The Morgan fingerprint density at radius 2 is 1.94 bits per heavy atom. The highest BCUT2D eigenvalue weighted by molar-refractivity contribution is 5.97. The third-order valence-electron chi connectivity index (χ3n) is 3.85. The summed E-state index contributed by atoms with van der Waals surface area (Å²) < 4.78 is 0. The monoisotopic (exact) mass is 247 g/mol. The van der Waals surface area contributed by atoms with E-state index in [1.807, 2.05) is 0 Å². The summed E-state index contributed by atoms with van der Waals surface area (Å²) in [5.41, 5.74) is 0.990. The lowest BCUT2D eigenvalue weighted by atomic mass is 9.83. The molecule has 0 spiro atoms. The molecule has 1 fully saturated rings. The zero-order valence-corrected chi connectivity index (χ0v) is 11.1. The van der Waals surface area contributed by atoms with E-state index in [0.717, 1.165) is 31.2 Å². The number of hydrogen-bond acceptors (Lipinski definition) is 2. The minimum absolute atomic E-state index is 0.0920. The van der Waals surface area contributed by atoms with Crippen molar-refractivity contribution in [3.05, 3.63) is 29.3 Å². The van der Waals surface area contributed by atoms with Crippen LogP contribution < -0.4 is 5.32 Å². The van der Waals surface area contributed by atoms with E-state index in [1.54, 1.807) is 25.1 Å². The zero-order valence-electron chi connectivity index (χ0n) is 11.1. The van der Waals surface area contributed by atoms with Crippen LogP contribution in [0.2, 0.25) is 0 Å². The molecule has 1 amide bonds. The van der Waals surface area contributed by atoms with Gasteiger partial charge in [0, 0.05) is 5.54 Å². The number of rotatable bonds is 2. The van der Waals surface area contributed by atoms with E-state index in [1.165, 1.54) is 6.42 Å². The van der Waals surface area contributed by atoms with Gasteiger partial charge in [0.25, 0.3) is 5.91 Å². The van der Waals surface area contributed by atoms with Crippen LogP contribution in [-0.2, 0) is 0 Å². The fraction of sp³-hybridized carbons (Fsp3) is 0.533. The number of benzene rings is 1. The predicted octanol–water partition coefficient (Wildman–Crippen LogP) is 3.15. The third-order valence-corrected chi connectivity index (χ3v) is 3.85. The standard InChI is InChI=1S/C15H21NO2/c1-11-7-6-8-12(13(11)17)14(18)16-15(2)9-4-3-5-10-15/h6-8,17H,3-5,9-10H2,1-2H3,(H,16,18). The zero-order chi connectivity index (χ0) is 13.2. The first-order valence-corrected chi connectivity index (χ1v) is 6.63. The topological polar surface area (TPSA) is 49.3 Å². The van der Waals surface area contributed by atoms with Crippen molar-refractivity contribution in [1.82, 2.24) is 5.32 Å². The van der Waals surface area contributed by atoms with Crippen LogP contribution >= 0.6 is 0 Å². The molecule has 98 valence electrons. The van der Waals surface area contributed by atoms with Gasteiger partial charge in [-0.25, -0.2) is 0 Å². The largest absolute Gasteiger partial charge is 0.507 e. The van der Waals surface area contributed by atoms with E-state index in [-0.39, 0.29) is 17.2 Å². The van der Waals surface area contributed by atoms with Gasteiger partial charge < -0.3 is 10.4 Å². The summed E-state index contributed by atoms with van der Waals surface area (Å²) in [7, 11) is 0. The van der Waals surface area contributed by atoms with Crippen LogP contribution in [0.3, 0.4) is 0 Å². The second-order valence-electron chi connectivity index (χ2n) is 5.55. The highest BCUT2D eigenvalue weighted by Gasteiger charge is 2.29. The van der Waals surface area contributed by atoms with Crippen LogP contribution in [0.1, 0.15) is 54.9 Å². The third kappa shape index (κ3) is 2.66. The highest BCUT2D eigenvalue weighted by Crippen LogP contribution is 2.29. The molecule has 0 bridgehead atoms. The lowest BCUT2D eigenvalue weighted by Crippen LogP contribution is -2.47. The van der Waals surface area contributed by atoms with Crippen LogP contribution in [0, 0.1) is 6.92 Å².